The lowest BCUT2D eigenvalue weighted by Gasteiger charge is -2.29. The van der Waals surface area contributed by atoms with E-state index in [1.54, 1.807) is 14.0 Å². The first kappa shape index (κ1) is 15.3. The van der Waals surface area contributed by atoms with Crippen molar-refractivity contribution in [2.45, 2.75) is 13.5 Å². The van der Waals surface area contributed by atoms with Crippen LogP contribution in [0.15, 0.2) is 24.3 Å². The Morgan fingerprint density at radius 3 is 2.35 bits per heavy atom. The second-order valence-corrected chi connectivity index (χ2v) is 7.29. The van der Waals surface area contributed by atoms with Crippen molar-refractivity contribution in [1.29, 1.82) is 0 Å². The zero-order chi connectivity index (χ0) is 14.6. The van der Waals surface area contributed by atoms with E-state index in [2.05, 4.69) is 4.90 Å². The van der Waals surface area contributed by atoms with Gasteiger partial charge in [-0.3, -0.25) is 0 Å². The van der Waals surface area contributed by atoms with Gasteiger partial charge in [0.15, 0.2) is 0 Å². The molecule has 0 N–H and O–H groups in total. The van der Waals surface area contributed by atoms with Gasteiger partial charge in [0.2, 0.25) is 10.0 Å². The van der Waals surface area contributed by atoms with Crippen LogP contribution in [0.4, 0.5) is 5.69 Å². The summed E-state index contributed by atoms with van der Waals surface area (Å²) in [5.74, 6) is 0.134. The van der Waals surface area contributed by atoms with Crippen molar-refractivity contribution in [3.05, 3.63) is 29.8 Å². The molecular formula is C14H22N2O3S. The minimum atomic E-state index is -3.12. The van der Waals surface area contributed by atoms with Gasteiger partial charge in [-0.2, -0.15) is 0 Å². The molecule has 0 spiro atoms. The average Bonchev–Trinajstić information content (AvgIpc) is 2.49. The van der Waals surface area contributed by atoms with E-state index in [0.717, 1.165) is 37.6 Å². The molecule has 1 saturated heterocycles. The maximum Gasteiger partial charge on any atom is 0.213 e. The predicted octanol–water partition coefficient (Wildman–Crippen LogP) is 1.30. The Kier molecular flexibility index (Phi) is 5.01. The molecule has 1 aliphatic heterocycles. The number of rotatable bonds is 5. The van der Waals surface area contributed by atoms with Crippen LogP contribution in [0.3, 0.4) is 0 Å². The zero-order valence-electron chi connectivity index (χ0n) is 12.1. The molecule has 1 aliphatic rings. The maximum absolute atomic E-state index is 11.7. The Morgan fingerprint density at radius 2 is 1.80 bits per heavy atom. The molecule has 0 amide bonds. The number of hydrogen-bond donors (Lipinski definition) is 0. The van der Waals surface area contributed by atoms with E-state index >= 15 is 0 Å². The third-order valence-corrected chi connectivity index (χ3v) is 5.37. The molecule has 1 heterocycles. The molecule has 0 aliphatic carbocycles. The smallest absolute Gasteiger partial charge is 0.213 e. The van der Waals surface area contributed by atoms with E-state index < -0.39 is 10.0 Å². The lowest BCUT2D eigenvalue weighted by Crippen LogP contribution is -2.36. The van der Waals surface area contributed by atoms with Crippen LogP contribution < -0.4 is 4.90 Å². The fraction of sp³-hybridized carbons (Fsp3) is 0.571. The summed E-state index contributed by atoms with van der Waals surface area (Å²) >= 11 is 0. The van der Waals surface area contributed by atoms with Gasteiger partial charge in [-0.25, -0.2) is 12.7 Å². The van der Waals surface area contributed by atoms with Crippen LogP contribution >= 0.6 is 0 Å². The molecule has 2 rings (SSSR count). The summed E-state index contributed by atoms with van der Waals surface area (Å²) in [4.78, 5) is 2.28. The summed E-state index contributed by atoms with van der Waals surface area (Å²) in [6, 6.07) is 8.08. The van der Waals surface area contributed by atoms with Gasteiger partial charge in [0.25, 0.3) is 0 Å². The number of benzene rings is 1. The van der Waals surface area contributed by atoms with E-state index in [1.807, 2.05) is 24.3 Å². The van der Waals surface area contributed by atoms with Gasteiger partial charge in [-0.15, -0.1) is 0 Å². The zero-order valence-corrected chi connectivity index (χ0v) is 12.9. The number of anilines is 1. The summed E-state index contributed by atoms with van der Waals surface area (Å²) in [5, 5.41) is 0. The highest BCUT2D eigenvalue weighted by Crippen LogP contribution is 2.17. The monoisotopic (exact) mass is 298 g/mol. The highest BCUT2D eigenvalue weighted by Gasteiger charge is 2.15. The van der Waals surface area contributed by atoms with Crippen LogP contribution in [0.5, 0.6) is 0 Å². The van der Waals surface area contributed by atoms with Gasteiger partial charge in [-0.1, -0.05) is 12.1 Å². The average molecular weight is 298 g/mol. The normalized spacial score (nSPS) is 16.6. The molecule has 5 nitrogen and oxygen atoms in total. The molecule has 20 heavy (non-hydrogen) atoms. The van der Waals surface area contributed by atoms with E-state index in [0.29, 0.717) is 6.54 Å². The van der Waals surface area contributed by atoms with Gasteiger partial charge >= 0.3 is 0 Å². The van der Waals surface area contributed by atoms with Crippen molar-refractivity contribution in [2.75, 3.05) is 44.0 Å². The minimum Gasteiger partial charge on any atom is -0.378 e. The fourth-order valence-electron chi connectivity index (χ4n) is 2.21. The third kappa shape index (κ3) is 3.71. The first-order valence-electron chi connectivity index (χ1n) is 6.88. The van der Waals surface area contributed by atoms with Gasteiger partial charge < -0.3 is 9.64 Å². The van der Waals surface area contributed by atoms with Gasteiger partial charge in [0, 0.05) is 32.4 Å². The first-order chi connectivity index (χ1) is 9.53. The highest BCUT2D eigenvalue weighted by atomic mass is 32.2. The Bertz CT molecular complexity index is 522. The van der Waals surface area contributed by atoms with Crippen molar-refractivity contribution >= 4 is 15.7 Å². The van der Waals surface area contributed by atoms with Crippen LogP contribution in [0.25, 0.3) is 0 Å². The molecule has 1 aromatic rings. The third-order valence-electron chi connectivity index (χ3n) is 3.56. The standard InChI is InChI=1S/C14H22N2O3S/c1-3-20(17,18)15(2)12-13-4-6-14(7-5-13)16-8-10-19-11-9-16/h4-7H,3,8-12H2,1-2H3. The highest BCUT2D eigenvalue weighted by molar-refractivity contribution is 7.89. The van der Waals surface area contributed by atoms with Gasteiger partial charge in [0.05, 0.1) is 19.0 Å². The minimum absolute atomic E-state index is 0.134. The molecule has 0 aromatic heterocycles. The van der Waals surface area contributed by atoms with Gasteiger partial charge in [-0.05, 0) is 24.6 Å². The summed E-state index contributed by atoms with van der Waals surface area (Å²) in [5.41, 5.74) is 2.17. The summed E-state index contributed by atoms with van der Waals surface area (Å²) in [6.45, 7) is 5.41. The van der Waals surface area contributed by atoms with E-state index in [-0.39, 0.29) is 5.75 Å². The second-order valence-electron chi connectivity index (χ2n) is 4.92. The van der Waals surface area contributed by atoms with Gasteiger partial charge in [0.1, 0.15) is 0 Å². The summed E-state index contributed by atoms with van der Waals surface area (Å²) < 4.78 is 30.2. The topological polar surface area (TPSA) is 49.9 Å². The first-order valence-corrected chi connectivity index (χ1v) is 8.49. The fourth-order valence-corrected chi connectivity index (χ4v) is 3.00. The number of sulfonamides is 1. The van der Waals surface area contributed by atoms with Crippen molar-refractivity contribution in [3.63, 3.8) is 0 Å². The SMILES string of the molecule is CCS(=O)(=O)N(C)Cc1ccc(N2CCOCC2)cc1. The molecule has 1 aromatic carbocycles. The number of morpholine rings is 1. The molecule has 0 radical (unpaired) electrons. The molecule has 0 unspecified atom stereocenters. The number of ether oxygens (including phenoxy) is 1. The van der Waals surface area contributed by atoms with Crippen LogP contribution in [-0.4, -0.2) is 51.8 Å². The Morgan fingerprint density at radius 1 is 1.20 bits per heavy atom. The van der Waals surface area contributed by atoms with E-state index in [9.17, 15) is 8.42 Å². The number of hydrogen-bond acceptors (Lipinski definition) is 4. The van der Waals surface area contributed by atoms with E-state index in [1.165, 1.54) is 4.31 Å². The molecular weight excluding hydrogens is 276 g/mol. The largest absolute Gasteiger partial charge is 0.378 e. The summed E-state index contributed by atoms with van der Waals surface area (Å²) in [7, 11) is -1.50. The molecule has 0 atom stereocenters. The molecule has 1 fully saturated rings. The van der Waals surface area contributed by atoms with Crippen molar-refractivity contribution < 1.29 is 13.2 Å². The Hall–Kier alpha value is -1.11. The van der Waals surface area contributed by atoms with Crippen molar-refractivity contribution in [2.24, 2.45) is 0 Å². The Balaban J connectivity index is 2.01. The van der Waals surface area contributed by atoms with Crippen LogP contribution in [-0.2, 0) is 21.3 Å². The number of nitrogens with zero attached hydrogens (tertiary/aromatic N) is 2. The molecule has 112 valence electrons. The lowest BCUT2D eigenvalue weighted by atomic mass is 10.2. The molecule has 0 saturated carbocycles. The molecule has 0 bridgehead atoms. The van der Waals surface area contributed by atoms with Crippen molar-refractivity contribution in [3.8, 4) is 0 Å². The summed E-state index contributed by atoms with van der Waals surface area (Å²) in [6.07, 6.45) is 0. The lowest BCUT2D eigenvalue weighted by molar-refractivity contribution is 0.122. The van der Waals surface area contributed by atoms with Crippen LogP contribution in [0, 0.1) is 0 Å². The Labute approximate surface area is 121 Å². The van der Waals surface area contributed by atoms with Crippen molar-refractivity contribution in [1.82, 2.24) is 4.31 Å². The quantitative estimate of drug-likeness (QED) is 0.822. The molecule has 6 heteroatoms. The van der Waals surface area contributed by atoms with Crippen LogP contribution in [0.2, 0.25) is 0 Å². The second kappa shape index (κ2) is 6.56. The maximum atomic E-state index is 11.7. The van der Waals surface area contributed by atoms with E-state index in [4.69, 9.17) is 4.74 Å². The predicted molar refractivity (Wildman–Crippen MR) is 80.4 cm³/mol. The van der Waals surface area contributed by atoms with Crippen LogP contribution in [0.1, 0.15) is 12.5 Å².